The summed E-state index contributed by atoms with van der Waals surface area (Å²) in [5.41, 5.74) is 3.66. The Morgan fingerprint density at radius 3 is 2.30 bits per heavy atom. The van der Waals surface area contributed by atoms with Crippen molar-refractivity contribution < 1.29 is 24.9 Å². The average molecular weight is 284 g/mol. The lowest BCUT2D eigenvalue weighted by molar-refractivity contribution is -0.145. The van der Waals surface area contributed by atoms with Crippen molar-refractivity contribution in [2.24, 2.45) is 0 Å². The summed E-state index contributed by atoms with van der Waals surface area (Å²) in [5.74, 6) is -1.99. The van der Waals surface area contributed by atoms with Gasteiger partial charge in [0.15, 0.2) is 0 Å². The minimum Gasteiger partial charge on any atom is -0.512 e. The lowest BCUT2D eigenvalue weighted by atomic mass is 9.92. The molecule has 0 aliphatic rings. The molecule has 20 heavy (non-hydrogen) atoms. The molecule has 1 atom stereocenters. The number of rotatable bonds is 7. The number of hydrogen-bond donors (Lipinski definition) is 5. The van der Waals surface area contributed by atoms with Gasteiger partial charge in [-0.1, -0.05) is 12.2 Å². The molecule has 7 heteroatoms. The number of aliphatic hydroxyl groups is 2. The van der Waals surface area contributed by atoms with E-state index < -0.39 is 23.2 Å². The zero-order valence-electron chi connectivity index (χ0n) is 11.7. The lowest BCUT2D eigenvalue weighted by Crippen LogP contribution is -2.56. The SMILES string of the molecule is C\C=C/C(=C\C(O)=C\O)CC(C)(NNC(C)=O)C(=O)O. The number of amides is 1. The Labute approximate surface area is 117 Å². The predicted octanol–water partition coefficient (Wildman–Crippen LogP) is 1.32. The number of nitrogens with one attached hydrogen (secondary N) is 2. The fourth-order valence-corrected chi connectivity index (χ4v) is 1.41. The van der Waals surface area contributed by atoms with Crippen molar-refractivity contribution in [3.05, 3.63) is 35.8 Å². The number of carboxylic acid groups (broad SMARTS) is 1. The van der Waals surface area contributed by atoms with Crippen LogP contribution < -0.4 is 10.9 Å². The molecule has 0 saturated carbocycles. The van der Waals surface area contributed by atoms with E-state index in [2.05, 4.69) is 10.9 Å². The van der Waals surface area contributed by atoms with Crippen molar-refractivity contribution in [2.45, 2.75) is 32.7 Å². The molecule has 0 spiro atoms. The van der Waals surface area contributed by atoms with E-state index in [4.69, 9.17) is 5.11 Å². The third-order valence-corrected chi connectivity index (χ3v) is 2.39. The molecule has 0 rings (SSSR count). The maximum atomic E-state index is 11.3. The number of carboxylic acids is 1. The molecule has 0 fully saturated rings. The molecule has 1 amide bonds. The second-order valence-electron chi connectivity index (χ2n) is 4.39. The van der Waals surface area contributed by atoms with Crippen LogP contribution >= 0.6 is 0 Å². The van der Waals surface area contributed by atoms with Gasteiger partial charge >= 0.3 is 5.97 Å². The Bertz CT molecular complexity index is 454. The highest BCUT2D eigenvalue weighted by Crippen LogP contribution is 2.19. The van der Waals surface area contributed by atoms with E-state index in [-0.39, 0.29) is 6.42 Å². The summed E-state index contributed by atoms with van der Waals surface area (Å²) in [6, 6.07) is 0. The average Bonchev–Trinajstić information content (AvgIpc) is 2.36. The van der Waals surface area contributed by atoms with Crippen LogP contribution in [0.3, 0.4) is 0 Å². The number of allylic oxidation sites excluding steroid dienone is 3. The molecule has 0 heterocycles. The third kappa shape index (κ3) is 6.05. The van der Waals surface area contributed by atoms with E-state index in [0.717, 1.165) is 0 Å². The van der Waals surface area contributed by atoms with Gasteiger partial charge in [0.25, 0.3) is 0 Å². The number of aliphatic hydroxyl groups excluding tert-OH is 2. The molecule has 7 nitrogen and oxygen atoms in total. The number of hydrazine groups is 1. The molecule has 0 aromatic carbocycles. The maximum absolute atomic E-state index is 11.3. The number of hydrogen-bond acceptors (Lipinski definition) is 5. The molecule has 0 aromatic heterocycles. The Hall–Kier alpha value is -2.28. The first-order valence-electron chi connectivity index (χ1n) is 5.89. The summed E-state index contributed by atoms with van der Waals surface area (Å²) in [7, 11) is 0. The summed E-state index contributed by atoms with van der Waals surface area (Å²) >= 11 is 0. The topological polar surface area (TPSA) is 119 Å². The van der Waals surface area contributed by atoms with E-state index in [9.17, 15) is 19.8 Å². The Kier molecular flexibility index (Phi) is 7.09. The molecule has 0 aromatic rings. The van der Waals surface area contributed by atoms with Crippen LogP contribution in [-0.2, 0) is 9.59 Å². The summed E-state index contributed by atoms with van der Waals surface area (Å²) < 4.78 is 0. The molecule has 112 valence electrons. The fourth-order valence-electron chi connectivity index (χ4n) is 1.41. The standard InChI is InChI=1S/C13H20N2O5/c1-4-5-10(6-11(18)8-16)7-13(3,12(19)20)15-14-9(2)17/h4-6,8,15-16,18H,7H2,1-3H3,(H,14,17)(H,19,20)/b5-4-,10-6+,11-8-. The zero-order valence-corrected chi connectivity index (χ0v) is 11.7. The monoisotopic (exact) mass is 284 g/mol. The Morgan fingerprint density at radius 1 is 1.30 bits per heavy atom. The number of aliphatic carboxylic acids is 1. The van der Waals surface area contributed by atoms with Crippen LogP contribution in [0.2, 0.25) is 0 Å². The lowest BCUT2D eigenvalue weighted by Gasteiger charge is -2.26. The van der Waals surface area contributed by atoms with Gasteiger partial charge in [0.1, 0.15) is 17.6 Å². The predicted molar refractivity (Wildman–Crippen MR) is 73.8 cm³/mol. The quantitative estimate of drug-likeness (QED) is 0.273. The molecular formula is C13H20N2O5. The first-order valence-corrected chi connectivity index (χ1v) is 5.89. The number of carbonyl (C=O) groups excluding carboxylic acids is 1. The summed E-state index contributed by atoms with van der Waals surface area (Å²) in [4.78, 5) is 22.2. The van der Waals surface area contributed by atoms with Crippen LogP contribution in [0.15, 0.2) is 35.8 Å². The van der Waals surface area contributed by atoms with Crippen molar-refractivity contribution in [2.75, 3.05) is 0 Å². The summed E-state index contributed by atoms with van der Waals surface area (Å²) in [6.45, 7) is 4.37. The van der Waals surface area contributed by atoms with Gasteiger partial charge in [-0.15, -0.1) is 0 Å². The van der Waals surface area contributed by atoms with Gasteiger partial charge in [-0.05, 0) is 25.5 Å². The molecule has 0 aliphatic carbocycles. The van der Waals surface area contributed by atoms with Crippen molar-refractivity contribution in [1.29, 1.82) is 0 Å². The minimum absolute atomic E-state index is 0.0230. The minimum atomic E-state index is -1.47. The van der Waals surface area contributed by atoms with Gasteiger partial charge in [-0.25, -0.2) is 5.43 Å². The smallest absolute Gasteiger partial charge is 0.325 e. The largest absolute Gasteiger partial charge is 0.512 e. The molecule has 1 unspecified atom stereocenters. The Balaban J connectivity index is 5.24. The van der Waals surface area contributed by atoms with Crippen molar-refractivity contribution in [3.8, 4) is 0 Å². The van der Waals surface area contributed by atoms with E-state index in [1.54, 1.807) is 19.1 Å². The van der Waals surface area contributed by atoms with Crippen LogP contribution in [0.25, 0.3) is 0 Å². The highest BCUT2D eigenvalue weighted by atomic mass is 16.4. The van der Waals surface area contributed by atoms with Gasteiger partial charge in [0.05, 0.1) is 0 Å². The first kappa shape index (κ1) is 17.7. The molecular weight excluding hydrogens is 264 g/mol. The Morgan fingerprint density at radius 2 is 1.90 bits per heavy atom. The van der Waals surface area contributed by atoms with Crippen molar-refractivity contribution >= 4 is 11.9 Å². The molecule has 0 saturated heterocycles. The second kappa shape index (κ2) is 8.00. The highest BCUT2D eigenvalue weighted by molar-refractivity contribution is 5.80. The van der Waals surface area contributed by atoms with E-state index in [1.165, 1.54) is 19.9 Å². The molecule has 0 radical (unpaired) electrons. The van der Waals surface area contributed by atoms with Crippen LogP contribution in [0.4, 0.5) is 0 Å². The molecule has 0 bridgehead atoms. The second-order valence-corrected chi connectivity index (χ2v) is 4.39. The number of carbonyl (C=O) groups is 2. The summed E-state index contributed by atoms with van der Waals surface area (Å²) in [5, 5.41) is 27.2. The van der Waals surface area contributed by atoms with Gasteiger partial charge in [-0.3, -0.25) is 15.0 Å². The van der Waals surface area contributed by atoms with Crippen LogP contribution in [0.1, 0.15) is 27.2 Å². The normalized spacial score (nSPS) is 15.9. The molecule has 5 N–H and O–H groups in total. The van der Waals surface area contributed by atoms with Crippen LogP contribution in [-0.4, -0.2) is 32.7 Å². The summed E-state index contributed by atoms with van der Waals surface area (Å²) in [6.07, 6.45) is 4.97. The van der Waals surface area contributed by atoms with Crippen LogP contribution in [0.5, 0.6) is 0 Å². The van der Waals surface area contributed by atoms with Gasteiger partial charge in [0, 0.05) is 13.3 Å². The van der Waals surface area contributed by atoms with E-state index in [1.807, 2.05) is 0 Å². The van der Waals surface area contributed by atoms with E-state index in [0.29, 0.717) is 11.8 Å². The van der Waals surface area contributed by atoms with E-state index >= 15 is 0 Å². The van der Waals surface area contributed by atoms with Crippen molar-refractivity contribution in [1.82, 2.24) is 10.9 Å². The van der Waals surface area contributed by atoms with Crippen LogP contribution in [0, 0.1) is 0 Å². The zero-order chi connectivity index (χ0) is 15.8. The molecule has 0 aliphatic heterocycles. The fraction of sp³-hybridized carbons (Fsp3) is 0.385. The maximum Gasteiger partial charge on any atom is 0.325 e. The third-order valence-electron chi connectivity index (χ3n) is 2.39. The highest BCUT2D eigenvalue weighted by Gasteiger charge is 2.33. The van der Waals surface area contributed by atoms with Gasteiger partial charge in [-0.2, -0.15) is 0 Å². The van der Waals surface area contributed by atoms with Gasteiger partial charge in [0.2, 0.25) is 5.91 Å². The van der Waals surface area contributed by atoms with Crippen molar-refractivity contribution in [3.63, 3.8) is 0 Å². The first-order chi connectivity index (χ1) is 9.25. The van der Waals surface area contributed by atoms with Gasteiger partial charge < -0.3 is 15.3 Å².